The summed E-state index contributed by atoms with van der Waals surface area (Å²) in [6.07, 6.45) is -2.45. The van der Waals surface area contributed by atoms with E-state index < -0.39 is 24.0 Å². The Labute approximate surface area is 249 Å². The molecule has 4 aromatic rings. The van der Waals surface area contributed by atoms with Gasteiger partial charge in [0.25, 0.3) is 0 Å². The fourth-order valence-electron chi connectivity index (χ4n) is 6.19. The van der Waals surface area contributed by atoms with Gasteiger partial charge in [-0.15, -0.1) is 0 Å². The number of nitrogens with zero attached hydrogens (tertiary/aromatic N) is 3. The van der Waals surface area contributed by atoms with Crippen molar-refractivity contribution >= 4 is 48.5 Å². The van der Waals surface area contributed by atoms with Crippen LogP contribution in [0, 0.1) is 0 Å². The topological polar surface area (TPSA) is 48.5 Å². The number of thiazole rings is 1. The monoisotopic (exact) mass is 642 g/mol. The molecule has 1 amide bonds. The molecule has 0 spiro atoms. The maximum absolute atomic E-state index is 13.7. The van der Waals surface area contributed by atoms with E-state index in [1.807, 2.05) is 60.7 Å². The zero-order chi connectivity index (χ0) is 28.6. The zero-order valence-electron chi connectivity index (χ0n) is 22.4. The number of anilines is 1. The number of hydrogen-bond donors (Lipinski definition) is 1. The summed E-state index contributed by atoms with van der Waals surface area (Å²) in [5.74, 6) is -0.580. The highest BCUT2D eigenvalue weighted by Gasteiger charge is 2.49. The number of unbranched alkanes of at least 4 members (excludes halogenated alkanes) is 1. The SMILES string of the molecule is O=C(NCC(F)(F)F)C1(CCCCN2CCN(c3nc4ccc(Br)cc4s3)CC2)c2ccccc2-c2ccccc21. The van der Waals surface area contributed by atoms with Crippen LogP contribution >= 0.6 is 27.3 Å². The molecule has 1 fully saturated rings. The molecule has 5 nitrogen and oxygen atoms in total. The van der Waals surface area contributed by atoms with Crippen LogP contribution in [0.5, 0.6) is 0 Å². The van der Waals surface area contributed by atoms with Crippen LogP contribution in [0.1, 0.15) is 30.4 Å². The minimum atomic E-state index is -4.47. The molecule has 1 saturated heterocycles. The lowest BCUT2D eigenvalue weighted by molar-refractivity contribution is -0.141. The third-order valence-electron chi connectivity index (χ3n) is 8.16. The second-order valence-electron chi connectivity index (χ2n) is 10.7. The number of rotatable bonds is 8. The van der Waals surface area contributed by atoms with Crippen LogP contribution < -0.4 is 10.2 Å². The predicted octanol–water partition coefficient (Wildman–Crippen LogP) is 7.00. The Kier molecular flexibility index (Phi) is 7.82. The number of carbonyl (C=O) groups excluding carboxylic acids is 1. The lowest BCUT2D eigenvalue weighted by Crippen LogP contribution is -2.47. The van der Waals surface area contributed by atoms with Crippen molar-refractivity contribution in [3.05, 3.63) is 82.3 Å². The van der Waals surface area contributed by atoms with E-state index >= 15 is 0 Å². The summed E-state index contributed by atoms with van der Waals surface area (Å²) in [5.41, 5.74) is 3.29. The average Bonchev–Trinajstić information content (AvgIpc) is 3.51. The van der Waals surface area contributed by atoms with E-state index in [1.54, 1.807) is 11.3 Å². The molecule has 2 aliphatic rings. The van der Waals surface area contributed by atoms with Crippen LogP contribution in [0.4, 0.5) is 18.3 Å². The van der Waals surface area contributed by atoms with Crippen molar-refractivity contribution in [2.24, 2.45) is 0 Å². The standard InChI is InChI=1S/C31H30BrF3N4OS/c32-21-11-12-26-27(19-21)41-29(37-26)39-17-15-38(16-18-39)14-6-5-13-30(28(40)36-20-31(33,34)35)24-9-3-1-7-22(24)23-8-2-4-10-25(23)30/h1-4,7-12,19H,5-6,13-18,20H2,(H,36,40). The van der Waals surface area contributed by atoms with Crippen LogP contribution in [-0.4, -0.2) is 61.2 Å². The third kappa shape index (κ3) is 5.61. The van der Waals surface area contributed by atoms with E-state index in [-0.39, 0.29) is 0 Å². The molecule has 1 aliphatic heterocycles. The van der Waals surface area contributed by atoms with E-state index in [0.717, 1.165) is 82.9 Å². The zero-order valence-corrected chi connectivity index (χ0v) is 24.8. The van der Waals surface area contributed by atoms with E-state index in [4.69, 9.17) is 4.98 Å². The average molecular weight is 644 g/mol. The normalized spacial score (nSPS) is 16.5. The van der Waals surface area contributed by atoms with Gasteiger partial charge in [0.1, 0.15) is 12.0 Å². The van der Waals surface area contributed by atoms with Gasteiger partial charge in [-0.3, -0.25) is 9.69 Å². The van der Waals surface area contributed by atoms with Crippen LogP contribution in [0.15, 0.2) is 71.2 Å². The lowest BCUT2D eigenvalue weighted by atomic mass is 9.73. The van der Waals surface area contributed by atoms with Crippen molar-refractivity contribution in [3.8, 4) is 11.1 Å². The van der Waals surface area contributed by atoms with E-state index in [2.05, 4.69) is 37.1 Å². The first-order chi connectivity index (χ1) is 19.7. The fraction of sp³-hybridized carbons (Fsp3) is 0.355. The van der Waals surface area contributed by atoms with E-state index in [1.165, 1.54) is 4.70 Å². The van der Waals surface area contributed by atoms with Gasteiger partial charge in [0, 0.05) is 30.7 Å². The molecule has 1 aromatic heterocycles. The van der Waals surface area contributed by atoms with Crippen molar-refractivity contribution < 1.29 is 18.0 Å². The number of halogens is 4. The Balaban J connectivity index is 1.12. The first-order valence-electron chi connectivity index (χ1n) is 13.8. The van der Waals surface area contributed by atoms with E-state index in [9.17, 15) is 18.0 Å². The Morgan fingerprint density at radius 2 is 1.61 bits per heavy atom. The highest BCUT2D eigenvalue weighted by molar-refractivity contribution is 9.10. The first-order valence-corrected chi connectivity index (χ1v) is 15.4. The number of fused-ring (bicyclic) bond motifs is 4. The van der Waals surface area contributed by atoms with Crippen molar-refractivity contribution in [3.63, 3.8) is 0 Å². The lowest BCUT2D eigenvalue weighted by Gasteiger charge is -2.35. The number of carbonyl (C=O) groups is 1. The number of nitrogens with one attached hydrogen (secondary N) is 1. The molecule has 1 aliphatic carbocycles. The van der Waals surface area contributed by atoms with E-state index in [0.29, 0.717) is 6.42 Å². The fourth-order valence-corrected chi connectivity index (χ4v) is 7.76. The number of aromatic nitrogens is 1. The number of benzene rings is 3. The Bertz CT molecular complexity index is 1520. The van der Waals surface area contributed by atoms with Gasteiger partial charge in [-0.25, -0.2) is 4.98 Å². The quantitative estimate of drug-likeness (QED) is 0.210. The molecule has 41 heavy (non-hydrogen) atoms. The molecule has 0 unspecified atom stereocenters. The summed E-state index contributed by atoms with van der Waals surface area (Å²) in [6.45, 7) is 3.17. The summed E-state index contributed by atoms with van der Waals surface area (Å²) >= 11 is 5.24. The second-order valence-corrected chi connectivity index (χ2v) is 12.6. The van der Waals surface area contributed by atoms with Gasteiger partial charge < -0.3 is 10.2 Å². The second kappa shape index (κ2) is 11.4. The molecule has 2 heterocycles. The van der Waals surface area contributed by atoms with Crippen LogP contribution in [-0.2, 0) is 10.2 Å². The molecule has 214 valence electrons. The largest absolute Gasteiger partial charge is 0.405 e. The number of amides is 1. The molecule has 10 heteroatoms. The van der Waals surface area contributed by atoms with Crippen molar-refractivity contribution in [2.75, 3.05) is 44.2 Å². The molecule has 0 bridgehead atoms. The maximum Gasteiger partial charge on any atom is 0.405 e. The molecule has 0 radical (unpaired) electrons. The Hall–Kier alpha value is -2.95. The smallest absolute Gasteiger partial charge is 0.346 e. The Morgan fingerprint density at radius 3 is 2.27 bits per heavy atom. The minimum absolute atomic E-state index is 0.450. The number of piperazine rings is 1. The van der Waals surface area contributed by atoms with Crippen molar-refractivity contribution in [1.29, 1.82) is 0 Å². The molecule has 6 rings (SSSR count). The van der Waals surface area contributed by atoms with Gasteiger partial charge in [0.15, 0.2) is 5.13 Å². The summed E-state index contributed by atoms with van der Waals surface area (Å²) in [7, 11) is 0. The molecular weight excluding hydrogens is 613 g/mol. The summed E-state index contributed by atoms with van der Waals surface area (Å²) in [5, 5.41) is 3.27. The highest BCUT2D eigenvalue weighted by Crippen LogP contribution is 2.51. The minimum Gasteiger partial charge on any atom is -0.346 e. The Morgan fingerprint density at radius 1 is 0.951 bits per heavy atom. The third-order valence-corrected chi connectivity index (χ3v) is 9.73. The highest BCUT2D eigenvalue weighted by atomic mass is 79.9. The van der Waals surface area contributed by atoms with Crippen molar-refractivity contribution in [1.82, 2.24) is 15.2 Å². The van der Waals surface area contributed by atoms with Crippen LogP contribution in [0.3, 0.4) is 0 Å². The van der Waals surface area contributed by atoms with Gasteiger partial charge >= 0.3 is 6.18 Å². The molecule has 1 N–H and O–H groups in total. The van der Waals surface area contributed by atoms with Gasteiger partial charge in [-0.2, -0.15) is 13.2 Å². The summed E-state index contributed by atoms with van der Waals surface area (Å²) in [6, 6.07) is 21.4. The van der Waals surface area contributed by atoms with Gasteiger partial charge in [0.2, 0.25) is 5.91 Å². The first kappa shape index (κ1) is 28.2. The summed E-state index contributed by atoms with van der Waals surface area (Å²) < 4.78 is 41.5. The van der Waals surface area contributed by atoms with Crippen LogP contribution in [0.25, 0.3) is 21.3 Å². The van der Waals surface area contributed by atoms with Crippen LogP contribution in [0.2, 0.25) is 0 Å². The molecular formula is C31H30BrF3N4OS. The summed E-state index contributed by atoms with van der Waals surface area (Å²) in [4.78, 5) is 23.2. The van der Waals surface area contributed by atoms with Gasteiger partial charge in [-0.05, 0) is 59.8 Å². The number of alkyl halides is 3. The van der Waals surface area contributed by atoms with Gasteiger partial charge in [0.05, 0.1) is 10.2 Å². The maximum atomic E-state index is 13.7. The molecule has 0 atom stereocenters. The van der Waals surface area contributed by atoms with Crippen molar-refractivity contribution in [2.45, 2.75) is 30.9 Å². The predicted molar refractivity (Wildman–Crippen MR) is 162 cm³/mol. The molecule has 3 aromatic carbocycles. The molecule has 0 saturated carbocycles. The number of hydrogen-bond acceptors (Lipinski definition) is 5. The van der Waals surface area contributed by atoms with Gasteiger partial charge in [-0.1, -0.05) is 82.2 Å².